The number of aromatic carboxylic acids is 1. The van der Waals surface area contributed by atoms with Gasteiger partial charge in [0.05, 0.1) is 10.6 Å². The minimum Gasteiger partial charge on any atom is -0.507 e. The number of alkyl halides is 3. The van der Waals surface area contributed by atoms with Crippen molar-refractivity contribution < 1.29 is 37.7 Å². The topological polar surface area (TPSA) is 83.8 Å². The second kappa shape index (κ2) is 7.25. The molecule has 0 heterocycles. The fraction of sp³-hybridized carbons (Fsp3) is 0.176. The molecule has 0 aliphatic carbocycles. The van der Waals surface area contributed by atoms with Crippen molar-refractivity contribution in [3.63, 3.8) is 0 Å². The molecule has 26 heavy (non-hydrogen) atoms. The highest BCUT2D eigenvalue weighted by Gasteiger charge is 2.32. The molecular weight excluding hydrogens is 377 g/mol. The van der Waals surface area contributed by atoms with E-state index in [0.29, 0.717) is 11.6 Å². The van der Waals surface area contributed by atoms with Gasteiger partial charge in [-0.1, -0.05) is 17.7 Å². The molecule has 0 aromatic heterocycles. The predicted octanol–water partition coefficient (Wildman–Crippen LogP) is 4.28. The summed E-state index contributed by atoms with van der Waals surface area (Å²) in [4.78, 5) is 22.1. The van der Waals surface area contributed by atoms with Gasteiger partial charge in [0.15, 0.2) is 5.75 Å². The highest BCUT2D eigenvalue weighted by molar-refractivity contribution is 6.32. The zero-order chi connectivity index (χ0) is 19.6. The molecular formula is C17H12ClF3O5. The van der Waals surface area contributed by atoms with E-state index in [-0.39, 0.29) is 23.3 Å². The lowest BCUT2D eigenvalue weighted by atomic mass is 10.00. The summed E-state index contributed by atoms with van der Waals surface area (Å²) >= 11 is 5.84. The molecule has 2 aromatic rings. The van der Waals surface area contributed by atoms with Crippen molar-refractivity contribution in [1.29, 1.82) is 0 Å². The number of carboxylic acids is 1. The van der Waals surface area contributed by atoms with E-state index in [1.54, 1.807) is 0 Å². The standard InChI is InChI=1S/C17H12ClF3O5/c1-8(22)26-15-10(6-11(7-13(15)18)17(19,20)21)4-9-2-3-12(16(24)25)14(23)5-9/h2-3,5-7,23H,4H2,1H3,(H,24,25). The smallest absolute Gasteiger partial charge is 0.416 e. The van der Waals surface area contributed by atoms with Crippen LogP contribution in [0.25, 0.3) is 0 Å². The minimum absolute atomic E-state index is 0.0394. The van der Waals surface area contributed by atoms with Crippen LogP contribution in [0.2, 0.25) is 5.02 Å². The summed E-state index contributed by atoms with van der Waals surface area (Å²) in [7, 11) is 0. The number of carboxylic acid groups (broad SMARTS) is 1. The van der Waals surface area contributed by atoms with Gasteiger partial charge >= 0.3 is 18.1 Å². The van der Waals surface area contributed by atoms with E-state index in [0.717, 1.165) is 25.1 Å². The normalized spacial score (nSPS) is 11.3. The number of phenols is 1. The summed E-state index contributed by atoms with van der Waals surface area (Å²) in [6, 6.07) is 4.98. The fourth-order valence-corrected chi connectivity index (χ4v) is 2.57. The highest BCUT2D eigenvalue weighted by atomic mass is 35.5. The van der Waals surface area contributed by atoms with Gasteiger partial charge in [-0.3, -0.25) is 4.79 Å². The van der Waals surface area contributed by atoms with Crippen molar-refractivity contribution in [3.8, 4) is 11.5 Å². The van der Waals surface area contributed by atoms with Gasteiger partial charge in [0.1, 0.15) is 11.3 Å². The molecule has 0 saturated heterocycles. The van der Waals surface area contributed by atoms with Crippen LogP contribution in [0.4, 0.5) is 13.2 Å². The predicted molar refractivity (Wildman–Crippen MR) is 85.6 cm³/mol. The van der Waals surface area contributed by atoms with E-state index in [9.17, 15) is 27.9 Å². The molecule has 0 spiro atoms. The number of ether oxygens (including phenoxy) is 1. The van der Waals surface area contributed by atoms with Crippen LogP contribution < -0.4 is 4.74 Å². The second-order valence-electron chi connectivity index (χ2n) is 5.37. The molecule has 138 valence electrons. The maximum atomic E-state index is 13.0. The van der Waals surface area contributed by atoms with E-state index in [1.165, 1.54) is 6.07 Å². The summed E-state index contributed by atoms with van der Waals surface area (Å²) in [5, 5.41) is 18.2. The SMILES string of the molecule is CC(=O)Oc1c(Cl)cc(C(F)(F)F)cc1Cc1ccc(C(=O)O)c(O)c1. The Morgan fingerprint density at radius 2 is 1.85 bits per heavy atom. The molecule has 2 aromatic carbocycles. The van der Waals surface area contributed by atoms with Gasteiger partial charge in [0.25, 0.3) is 0 Å². The maximum absolute atomic E-state index is 13.0. The third-order valence-corrected chi connectivity index (χ3v) is 3.66. The van der Waals surface area contributed by atoms with Crippen LogP contribution in [0.5, 0.6) is 11.5 Å². The number of benzene rings is 2. The first-order valence-corrected chi connectivity index (χ1v) is 7.50. The summed E-state index contributed by atoms with van der Waals surface area (Å²) in [5.41, 5.74) is -1.12. The van der Waals surface area contributed by atoms with E-state index in [4.69, 9.17) is 21.4 Å². The molecule has 9 heteroatoms. The van der Waals surface area contributed by atoms with Crippen LogP contribution in [0.3, 0.4) is 0 Å². The zero-order valence-electron chi connectivity index (χ0n) is 13.2. The first-order valence-electron chi connectivity index (χ1n) is 7.12. The van der Waals surface area contributed by atoms with Crippen LogP contribution in [0.1, 0.15) is 34.0 Å². The number of hydrogen-bond donors (Lipinski definition) is 2. The van der Waals surface area contributed by atoms with E-state index in [2.05, 4.69) is 0 Å². The molecule has 0 radical (unpaired) electrons. The summed E-state index contributed by atoms with van der Waals surface area (Å²) < 4.78 is 44.0. The third-order valence-electron chi connectivity index (χ3n) is 3.38. The van der Waals surface area contributed by atoms with Crippen LogP contribution in [0.15, 0.2) is 30.3 Å². The molecule has 0 aliphatic heterocycles. The molecule has 2 N–H and O–H groups in total. The first-order chi connectivity index (χ1) is 12.0. The summed E-state index contributed by atoms with van der Waals surface area (Å²) in [6.45, 7) is 1.07. The Bertz CT molecular complexity index is 877. The Hall–Kier alpha value is -2.74. The van der Waals surface area contributed by atoms with E-state index >= 15 is 0 Å². The van der Waals surface area contributed by atoms with Crippen molar-refractivity contribution in [2.24, 2.45) is 0 Å². The lowest BCUT2D eigenvalue weighted by molar-refractivity contribution is -0.137. The van der Waals surface area contributed by atoms with Gasteiger partial charge in [0.2, 0.25) is 0 Å². The molecule has 0 bridgehead atoms. The molecule has 0 fully saturated rings. The summed E-state index contributed by atoms with van der Waals surface area (Å²) in [5.74, 6) is -2.88. The highest BCUT2D eigenvalue weighted by Crippen LogP contribution is 2.38. The van der Waals surface area contributed by atoms with Crippen molar-refractivity contribution >= 4 is 23.5 Å². The molecule has 5 nitrogen and oxygen atoms in total. The van der Waals surface area contributed by atoms with E-state index in [1.807, 2.05) is 0 Å². The molecule has 0 saturated carbocycles. The fourth-order valence-electron chi connectivity index (χ4n) is 2.29. The Balaban J connectivity index is 2.52. The number of hydrogen-bond acceptors (Lipinski definition) is 4. The van der Waals surface area contributed by atoms with Gasteiger partial charge in [-0.2, -0.15) is 13.2 Å². The number of carbonyl (C=O) groups excluding carboxylic acids is 1. The number of halogens is 4. The minimum atomic E-state index is -4.66. The molecule has 0 aliphatic rings. The van der Waals surface area contributed by atoms with Gasteiger partial charge in [-0.05, 0) is 29.8 Å². The maximum Gasteiger partial charge on any atom is 0.416 e. The summed E-state index contributed by atoms with van der Waals surface area (Å²) in [6.07, 6.45) is -4.85. The van der Waals surface area contributed by atoms with Gasteiger partial charge in [-0.15, -0.1) is 0 Å². The lowest BCUT2D eigenvalue weighted by Gasteiger charge is -2.15. The van der Waals surface area contributed by atoms with Crippen molar-refractivity contribution in [1.82, 2.24) is 0 Å². The second-order valence-corrected chi connectivity index (χ2v) is 5.78. The first kappa shape index (κ1) is 19.6. The van der Waals surface area contributed by atoms with Crippen molar-refractivity contribution in [2.45, 2.75) is 19.5 Å². The molecule has 0 atom stereocenters. The average molecular weight is 389 g/mol. The number of rotatable bonds is 4. The van der Waals surface area contributed by atoms with Crippen LogP contribution in [0, 0.1) is 0 Å². The zero-order valence-corrected chi connectivity index (χ0v) is 14.0. The Labute approximate surface area is 150 Å². The Morgan fingerprint density at radius 3 is 2.35 bits per heavy atom. The number of aromatic hydroxyl groups is 1. The van der Waals surface area contributed by atoms with Gasteiger partial charge in [-0.25, -0.2) is 4.79 Å². The van der Waals surface area contributed by atoms with Crippen LogP contribution in [-0.4, -0.2) is 22.2 Å². The van der Waals surface area contributed by atoms with E-state index < -0.39 is 34.5 Å². The molecule has 0 amide bonds. The lowest BCUT2D eigenvalue weighted by Crippen LogP contribution is -2.10. The Morgan fingerprint density at radius 1 is 1.19 bits per heavy atom. The van der Waals surface area contributed by atoms with Crippen LogP contribution >= 0.6 is 11.6 Å². The van der Waals surface area contributed by atoms with Crippen LogP contribution in [-0.2, 0) is 17.4 Å². The molecule has 0 unspecified atom stereocenters. The van der Waals surface area contributed by atoms with Gasteiger partial charge in [0, 0.05) is 18.9 Å². The quantitative estimate of drug-likeness (QED) is 0.603. The molecule has 2 rings (SSSR count). The largest absolute Gasteiger partial charge is 0.507 e. The van der Waals surface area contributed by atoms with Gasteiger partial charge < -0.3 is 14.9 Å². The average Bonchev–Trinajstić information content (AvgIpc) is 2.48. The van der Waals surface area contributed by atoms with Crippen molar-refractivity contribution in [2.75, 3.05) is 0 Å². The third kappa shape index (κ3) is 4.45. The number of esters is 1. The monoisotopic (exact) mass is 388 g/mol. The Kier molecular flexibility index (Phi) is 5.46. The number of carbonyl (C=O) groups is 2. The van der Waals surface area contributed by atoms with Crippen molar-refractivity contribution in [3.05, 3.63) is 57.6 Å².